The Morgan fingerprint density at radius 1 is 1.50 bits per heavy atom. The van der Waals surface area contributed by atoms with Gasteiger partial charge in [-0.2, -0.15) is 0 Å². The molecule has 0 aromatic heterocycles. The van der Waals surface area contributed by atoms with Gasteiger partial charge in [0.2, 0.25) is 5.91 Å². The second-order valence-corrected chi connectivity index (χ2v) is 3.21. The van der Waals surface area contributed by atoms with Gasteiger partial charge in [0.15, 0.2) is 0 Å². The molecule has 0 bridgehead atoms. The lowest BCUT2D eigenvalue weighted by molar-refractivity contribution is -0.117. The monoisotopic (exact) mass is 190 g/mol. The highest BCUT2D eigenvalue weighted by atomic mass is 16.1. The molecule has 1 amide bonds. The Bertz CT molecular complexity index is 370. The average molecular weight is 190 g/mol. The molecule has 1 aromatic rings. The smallest absolute Gasteiger partial charge is 0.221 e. The van der Waals surface area contributed by atoms with Crippen LogP contribution in [0.1, 0.15) is 17.5 Å². The number of nitrogens with two attached hydrogens (primary N) is 2. The fourth-order valence-electron chi connectivity index (χ4n) is 1.15. The lowest BCUT2D eigenvalue weighted by atomic mass is 10.1. The molecule has 1 aromatic carbocycles. The maximum Gasteiger partial charge on any atom is 0.221 e. The van der Waals surface area contributed by atoms with E-state index in [1.807, 2.05) is 25.1 Å². The Hall–Kier alpha value is -1.77. The third-order valence-corrected chi connectivity index (χ3v) is 1.86. The predicted molar refractivity (Wildman–Crippen MR) is 58.4 cm³/mol. The van der Waals surface area contributed by atoms with Crippen molar-refractivity contribution in [2.75, 3.05) is 5.73 Å². The van der Waals surface area contributed by atoms with Crippen LogP contribution in [-0.4, -0.2) is 5.91 Å². The standard InChI is InChI=1S/C11H14N2O/c1-8-5-6-9(10(12)7-8)3-2-4-11(13)14/h2-3,5-7H,4,12H2,1H3,(H2,13,14). The second kappa shape index (κ2) is 4.46. The number of carbonyl (C=O) groups excluding carboxylic acids is 1. The molecule has 0 saturated heterocycles. The van der Waals surface area contributed by atoms with E-state index in [-0.39, 0.29) is 12.3 Å². The molecule has 4 N–H and O–H groups in total. The first-order valence-corrected chi connectivity index (χ1v) is 4.40. The van der Waals surface area contributed by atoms with Crippen LogP contribution in [0.4, 0.5) is 5.69 Å². The molecular weight excluding hydrogens is 176 g/mol. The molecule has 14 heavy (non-hydrogen) atoms. The van der Waals surface area contributed by atoms with Crippen LogP contribution in [0.5, 0.6) is 0 Å². The van der Waals surface area contributed by atoms with Gasteiger partial charge in [-0.25, -0.2) is 0 Å². The summed E-state index contributed by atoms with van der Waals surface area (Å²) in [7, 11) is 0. The number of amides is 1. The quantitative estimate of drug-likeness (QED) is 0.708. The van der Waals surface area contributed by atoms with Crippen molar-refractivity contribution in [3.8, 4) is 0 Å². The van der Waals surface area contributed by atoms with Crippen LogP contribution in [-0.2, 0) is 4.79 Å². The van der Waals surface area contributed by atoms with Crippen LogP contribution >= 0.6 is 0 Å². The van der Waals surface area contributed by atoms with E-state index in [4.69, 9.17) is 11.5 Å². The fraction of sp³-hybridized carbons (Fsp3) is 0.182. The van der Waals surface area contributed by atoms with Gasteiger partial charge >= 0.3 is 0 Å². The molecule has 0 unspecified atom stereocenters. The highest BCUT2D eigenvalue weighted by molar-refractivity contribution is 5.77. The number of anilines is 1. The van der Waals surface area contributed by atoms with E-state index >= 15 is 0 Å². The Morgan fingerprint density at radius 3 is 2.79 bits per heavy atom. The Balaban J connectivity index is 2.76. The zero-order valence-electron chi connectivity index (χ0n) is 8.16. The first kappa shape index (κ1) is 10.3. The third kappa shape index (κ3) is 2.94. The summed E-state index contributed by atoms with van der Waals surface area (Å²) in [6.07, 6.45) is 3.76. The van der Waals surface area contributed by atoms with E-state index in [0.29, 0.717) is 5.69 Å². The summed E-state index contributed by atoms with van der Waals surface area (Å²) in [5, 5.41) is 0. The van der Waals surface area contributed by atoms with E-state index in [0.717, 1.165) is 11.1 Å². The topological polar surface area (TPSA) is 69.1 Å². The molecule has 1 rings (SSSR count). The molecule has 0 heterocycles. The van der Waals surface area contributed by atoms with Crippen molar-refractivity contribution >= 4 is 17.7 Å². The maximum absolute atomic E-state index is 10.5. The number of hydrogen-bond donors (Lipinski definition) is 2. The highest BCUT2D eigenvalue weighted by Crippen LogP contribution is 2.15. The second-order valence-electron chi connectivity index (χ2n) is 3.21. The van der Waals surface area contributed by atoms with Crippen LogP contribution in [0.3, 0.4) is 0 Å². The molecule has 0 aliphatic carbocycles. The molecule has 0 spiro atoms. The van der Waals surface area contributed by atoms with E-state index in [9.17, 15) is 4.79 Å². The minimum absolute atomic E-state index is 0.243. The summed E-state index contributed by atoms with van der Waals surface area (Å²) in [5.74, 6) is -0.341. The number of benzene rings is 1. The van der Waals surface area contributed by atoms with E-state index in [1.165, 1.54) is 0 Å². The summed E-state index contributed by atoms with van der Waals surface area (Å²) in [4.78, 5) is 10.5. The van der Waals surface area contributed by atoms with Gasteiger partial charge in [-0.15, -0.1) is 0 Å². The van der Waals surface area contributed by atoms with Gasteiger partial charge in [0.05, 0.1) is 0 Å². The number of primary amides is 1. The van der Waals surface area contributed by atoms with Crippen LogP contribution < -0.4 is 11.5 Å². The van der Waals surface area contributed by atoms with Crippen molar-refractivity contribution in [3.63, 3.8) is 0 Å². The summed E-state index contributed by atoms with van der Waals surface area (Å²) in [6, 6.07) is 5.78. The Kier molecular flexibility index (Phi) is 3.29. The van der Waals surface area contributed by atoms with Crippen LogP contribution in [0.2, 0.25) is 0 Å². The van der Waals surface area contributed by atoms with Crippen LogP contribution in [0.25, 0.3) is 6.08 Å². The van der Waals surface area contributed by atoms with Crippen molar-refractivity contribution in [2.45, 2.75) is 13.3 Å². The van der Waals surface area contributed by atoms with Crippen LogP contribution in [0.15, 0.2) is 24.3 Å². The molecule has 0 fully saturated rings. The van der Waals surface area contributed by atoms with E-state index in [2.05, 4.69) is 0 Å². The molecule has 0 aliphatic heterocycles. The van der Waals surface area contributed by atoms with Crippen LogP contribution in [0, 0.1) is 6.92 Å². The molecule has 3 nitrogen and oxygen atoms in total. The predicted octanol–water partition coefficient (Wildman–Crippen LogP) is 1.47. The largest absolute Gasteiger partial charge is 0.398 e. The fourth-order valence-corrected chi connectivity index (χ4v) is 1.15. The highest BCUT2D eigenvalue weighted by Gasteiger charge is 1.94. The Morgan fingerprint density at radius 2 is 2.21 bits per heavy atom. The summed E-state index contributed by atoms with van der Waals surface area (Å²) in [5.41, 5.74) is 13.5. The molecule has 3 heteroatoms. The first-order chi connectivity index (χ1) is 6.59. The van der Waals surface area contributed by atoms with Crippen molar-refractivity contribution in [1.29, 1.82) is 0 Å². The number of aryl methyl sites for hydroxylation is 1. The molecule has 0 atom stereocenters. The van der Waals surface area contributed by atoms with Gasteiger partial charge in [0.1, 0.15) is 0 Å². The maximum atomic E-state index is 10.5. The normalized spacial score (nSPS) is 10.6. The number of rotatable bonds is 3. The van der Waals surface area contributed by atoms with Crippen molar-refractivity contribution in [1.82, 2.24) is 0 Å². The van der Waals surface area contributed by atoms with Gasteiger partial charge in [-0.1, -0.05) is 24.3 Å². The lowest BCUT2D eigenvalue weighted by Gasteiger charge is -2.00. The van der Waals surface area contributed by atoms with Gasteiger partial charge in [-0.05, 0) is 24.1 Å². The average Bonchev–Trinajstić information content (AvgIpc) is 2.08. The van der Waals surface area contributed by atoms with Crippen molar-refractivity contribution in [3.05, 3.63) is 35.4 Å². The molecule has 0 saturated carbocycles. The van der Waals surface area contributed by atoms with Gasteiger partial charge in [0.25, 0.3) is 0 Å². The molecule has 74 valence electrons. The zero-order valence-corrected chi connectivity index (χ0v) is 8.16. The van der Waals surface area contributed by atoms with E-state index in [1.54, 1.807) is 12.2 Å². The summed E-state index contributed by atoms with van der Waals surface area (Å²) in [6.45, 7) is 1.98. The number of nitrogen functional groups attached to an aromatic ring is 1. The zero-order chi connectivity index (χ0) is 10.6. The van der Waals surface area contributed by atoms with Gasteiger partial charge in [-0.3, -0.25) is 4.79 Å². The number of carbonyl (C=O) groups is 1. The molecule has 0 radical (unpaired) electrons. The third-order valence-electron chi connectivity index (χ3n) is 1.86. The molecule has 0 aliphatic rings. The van der Waals surface area contributed by atoms with Gasteiger partial charge in [0, 0.05) is 12.1 Å². The Labute approximate surface area is 83.4 Å². The van der Waals surface area contributed by atoms with E-state index < -0.39 is 0 Å². The van der Waals surface area contributed by atoms with Crippen molar-refractivity contribution in [2.24, 2.45) is 5.73 Å². The first-order valence-electron chi connectivity index (χ1n) is 4.40. The summed E-state index contributed by atoms with van der Waals surface area (Å²) < 4.78 is 0. The van der Waals surface area contributed by atoms with Crippen molar-refractivity contribution < 1.29 is 4.79 Å². The SMILES string of the molecule is Cc1ccc(C=CCC(N)=O)c(N)c1. The summed E-state index contributed by atoms with van der Waals surface area (Å²) >= 11 is 0. The molecular formula is C11H14N2O. The minimum atomic E-state index is -0.341. The minimum Gasteiger partial charge on any atom is -0.398 e. The lowest BCUT2D eigenvalue weighted by Crippen LogP contribution is -2.07. The number of hydrogen-bond acceptors (Lipinski definition) is 2. The van der Waals surface area contributed by atoms with Gasteiger partial charge < -0.3 is 11.5 Å².